The summed E-state index contributed by atoms with van der Waals surface area (Å²) in [4.78, 5) is 2.58. The van der Waals surface area contributed by atoms with E-state index in [1.54, 1.807) is 0 Å². The molecule has 1 saturated heterocycles. The summed E-state index contributed by atoms with van der Waals surface area (Å²) in [7, 11) is 1.83. The minimum absolute atomic E-state index is 0.0121. The number of ether oxygens (including phenoxy) is 1. The van der Waals surface area contributed by atoms with Crippen LogP contribution in [0.15, 0.2) is 0 Å². The topological polar surface area (TPSA) is 48.3 Å². The van der Waals surface area contributed by atoms with Crippen LogP contribution in [0.4, 0.5) is 0 Å². The second kappa shape index (κ2) is 7.09. The van der Waals surface area contributed by atoms with E-state index in [1.165, 1.54) is 12.8 Å². The van der Waals surface area contributed by atoms with Gasteiger partial charge in [-0.05, 0) is 65.0 Å². The largest absolute Gasteiger partial charge is 0.377 e. The minimum atomic E-state index is -0.306. The van der Waals surface area contributed by atoms with Gasteiger partial charge in [-0.2, -0.15) is 5.26 Å². The highest BCUT2D eigenvalue weighted by molar-refractivity contribution is 5.11. The fourth-order valence-corrected chi connectivity index (χ4v) is 3.95. The van der Waals surface area contributed by atoms with Crippen molar-refractivity contribution in [1.29, 1.82) is 5.26 Å². The smallest absolute Gasteiger partial charge is 0.108 e. The molecule has 21 heavy (non-hydrogen) atoms. The third-order valence-electron chi connectivity index (χ3n) is 5.35. The first-order chi connectivity index (χ1) is 10.1. The highest BCUT2D eigenvalue weighted by Crippen LogP contribution is 2.34. The molecule has 1 heterocycles. The van der Waals surface area contributed by atoms with Crippen LogP contribution in [0.3, 0.4) is 0 Å². The molecule has 0 amide bonds. The summed E-state index contributed by atoms with van der Waals surface area (Å²) >= 11 is 0. The van der Waals surface area contributed by atoms with E-state index in [1.807, 2.05) is 7.11 Å². The van der Waals surface area contributed by atoms with Crippen LogP contribution in [-0.2, 0) is 4.74 Å². The third kappa shape index (κ3) is 3.97. The van der Waals surface area contributed by atoms with Crippen molar-refractivity contribution in [3.8, 4) is 6.07 Å². The lowest BCUT2D eigenvalue weighted by Gasteiger charge is -2.47. The Morgan fingerprint density at radius 1 is 1.38 bits per heavy atom. The Labute approximate surface area is 129 Å². The lowest BCUT2D eigenvalue weighted by molar-refractivity contribution is -0.0673. The number of hydrogen-bond acceptors (Lipinski definition) is 4. The van der Waals surface area contributed by atoms with E-state index in [4.69, 9.17) is 4.74 Å². The zero-order chi connectivity index (χ0) is 15.3. The molecule has 2 fully saturated rings. The molecule has 4 heteroatoms. The monoisotopic (exact) mass is 293 g/mol. The van der Waals surface area contributed by atoms with Crippen molar-refractivity contribution in [2.24, 2.45) is 0 Å². The van der Waals surface area contributed by atoms with Crippen LogP contribution in [0.25, 0.3) is 0 Å². The predicted octanol–water partition coefficient (Wildman–Crippen LogP) is 2.69. The summed E-state index contributed by atoms with van der Waals surface area (Å²) in [5.41, 5.74) is -0.318. The summed E-state index contributed by atoms with van der Waals surface area (Å²) in [6, 6.07) is 3.11. The molecule has 0 radical (unpaired) electrons. The molecule has 4 nitrogen and oxygen atoms in total. The fraction of sp³-hybridized carbons (Fsp3) is 0.941. The van der Waals surface area contributed by atoms with Gasteiger partial charge in [0.2, 0.25) is 0 Å². The van der Waals surface area contributed by atoms with Gasteiger partial charge in [-0.1, -0.05) is 6.92 Å². The molecule has 0 bridgehead atoms. The van der Waals surface area contributed by atoms with E-state index in [2.05, 4.69) is 30.1 Å². The Balaban J connectivity index is 2.01. The van der Waals surface area contributed by atoms with Crippen LogP contribution in [0.1, 0.15) is 58.8 Å². The van der Waals surface area contributed by atoms with E-state index < -0.39 is 0 Å². The van der Waals surface area contributed by atoms with Crippen LogP contribution in [0.5, 0.6) is 0 Å². The van der Waals surface area contributed by atoms with Gasteiger partial charge in [0, 0.05) is 19.7 Å². The predicted molar refractivity (Wildman–Crippen MR) is 85.1 cm³/mol. The number of nitrogens with one attached hydrogen (secondary N) is 1. The summed E-state index contributed by atoms with van der Waals surface area (Å²) in [5, 5.41) is 13.2. The Hall–Kier alpha value is -0.630. The molecule has 2 aliphatic rings. The third-order valence-corrected chi connectivity index (χ3v) is 5.35. The molecule has 0 aromatic heterocycles. The number of likely N-dealkylation sites (tertiary alicyclic amines) is 1. The van der Waals surface area contributed by atoms with E-state index in [0.29, 0.717) is 6.04 Å². The Kier molecular flexibility index (Phi) is 5.65. The molecule has 120 valence electrons. The quantitative estimate of drug-likeness (QED) is 0.846. The SMILES string of the molecule is CCCNC1(C#N)CCCC(N2CCCC(C)(OC)C2)C1. The standard InChI is InChI=1S/C17H31N3O/c1-4-10-19-17(13-18)9-5-7-15(12-17)20-11-6-8-16(2,14-20)21-3/h15,19H,4-12,14H2,1-3H3. The van der Waals surface area contributed by atoms with Crippen molar-refractivity contribution < 1.29 is 4.74 Å². The summed E-state index contributed by atoms with van der Waals surface area (Å²) in [6.45, 7) is 7.47. The lowest BCUT2D eigenvalue weighted by atomic mass is 9.78. The van der Waals surface area contributed by atoms with Gasteiger partial charge in [0.05, 0.1) is 11.7 Å². The molecule has 1 N–H and O–H groups in total. The van der Waals surface area contributed by atoms with Gasteiger partial charge < -0.3 is 4.74 Å². The molecular formula is C17H31N3O. The molecule has 3 atom stereocenters. The summed E-state index contributed by atoms with van der Waals surface area (Å²) < 4.78 is 5.72. The maximum atomic E-state index is 9.68. The first kappa shape index (κ1) is 16.7. The lowest BCUT2D eigenvalue weighted by Crippen LogP contribution is -2.57. The van der Waals surface area contributed by atoms with E-state index in [-0.39, 0.29) is 11.1 Å². The second-order valence-corrected chi connectivity index (χ2v) is 7.10. The average Bonchev–Trinajstić information content (AvgIpc) is 2.53. The maximum Gasteiger partial charge on any atom is 0.108 e. The average molecular weight is 293 g/mol. The highest BCUT2D eigenvalue weighted by atomic mass is 16.5. The molecule has 1 saturated carbocycles. The molecule has 1 aliphatic heterocycles. The molecule has 0 aromatic rings. The van der Waals surface area contributed by atoms with Crippen molar-refractivity contribution in [2.45, 2.75) is 76.0 Å². The molecular weight excluding hydrogens is 262 g/mol. The van der Waals surface area contributed by atoms with Gasteiger partial charge in [-0.25, -0.2) is 0 Å². The van der Waals surface area contributed by atoms with Crippen molar-refractivity contribution >= 4 is 0 Å². The van der Waals surface area contributed by atoms with Crippen LogP contribution >= 0.6 is 0 Å². The van der Waals surface area contributed by atoms with Gasteiger partial charge >= 0.3 is 0 Å². The first-order valence-electron chi connectivity index (χ1n) is 8.52. The summed E-state index contributed by atoms with van der Waals surface area (Å²) in [5.74, 6) is 0. The Morgan fingerprint density at radius 2 is 2.19 bits per heavy atom. The van der Waals surface area contributed by atoms with Gasteiger partial charge in [0.1, 0.15) is 5.54 Å². The highest BCUT2D eigenvalue weighted by Gasteiger charge is 2.41. The second-order valence-electron chi connectivity index (χ2n) is 7.10. The Bertz CT molecular complexity index is 381. The fourth-order valence-electron chi connectivity index (χ4n) is 3.95. The zero-order valence-electron chi connectivity index (χ0n) is 14.0. The van der Waals surface area contributed by atoms with E-state index >= 15 is 0 Å². The normalized spacial score (nSPS) is 38.1. The van der Waals surface area contributed by atoms with Gasteiger partial charge in [-0.3, -0.25) is 10.2 Å². The molecule has 3 unspecified atom stereocenters. The number of nitrogens with zero attached hydrogens (tertiary/aromatic N) is 2. The first-order valence-corrected chi connectivity index (χ1v) is 8.52. The number of methoxy groups -OCH3 is 1. The maximum absolute atomic E-state index is 9.68. The molecule has 2 rings (SSSR count). The number of hydrogen-bond donors (Lipinski definition) is 1. The van der Waals surface area contributed by atoms with Gasteiger partial charge in [-0.15, -0.1) is 0 Å². The minimum Gasteiger partial charge on any atom is -0.377 e. The van der Waals surface area contributed by atoms with Crippen molar-refractivity contribution in [3.63, 3.8) is 0 Å². The van der Waals surface area contributed by atoms with Gasteiger partial charge in [0.25, 0.3) is 0 Å². The molecule has 0 aromatic carbocycles. The van der Waals surface area contributed by atoms with E-state index in [0.717, 1.165) is 51.7 Å². The number of piperidine rings is 1. The number of rotatable bonds is 5. The zero-order valence-corrected chi connectivity index (χ0v) is 14.0. The molecule has 0 spiro atoms. The van der Waals surface area contributed by atoms with Crippen LogP contribution in [-0.4, -0.2) is 48.8 Å². The van der Waals surface area contributed by atoms with Crippen molar-refractivity contribution in [2.75, 3.05) is 26.7 Å². The van der Waals surface area contributed by atoms with Gasteiger partial charge in [0.15, 0.2) is 0 Å². The van der Waals surface area contributed by atoms with Crippen molar-refractivity contribution in [1.82, 2.24) is 10.2 Å². The summed E-state index contributed by atoms with van der Waals surface area (Å²) in [6.07, 6.45) is 7.75. The van der Waals surface area contributed by atoms with Crippen LogP contribution in [0.2, 0.25) is 0 Å². The number of nitriles is 1. The van der Waals surface area contributed by atoms with Crippen molar-refractivity contribution in [3.05, 3.63) is 0 Å². The van der Waals surface area contributed by atoms with Crippen LogP contribution < -0.4 is 5.32 Å². The molecule has 1 aliphatic carbocycles. The van der Waals surface area contributed by atoms with E-state index in [9.17, 15) is 5.26 Å². The van der Waals surface area contributed by atoms with Crippen LogP contribution in [0, 0.1) is 11.3 Å². The Morgan fingerprint density at radius 3 is 2.86 bits per heavy atom.